The molecule has 0 spiro atoms. The van der Waals surface area contributed by atoms with Crippen LogP contribution in [0.1, 0.15) is 23.8 Å². The molecular weight excluding hydrogens is 346 g/mol. The molecule has 0 unspecified atom stereocenters. The predicted molar refractivity (Wildman–Crippen MR) is 104 cm³/mol. The van der Waals surface area contributed by atoms with Crippen LogP contribution in [0.3, 0.4) is 0 Å². The second kappa shape index (κ2) is 7.03. The van der Waals surface area contributed by atoms with E-state index < -0.39 is 0 Å². The smallest absolute Gasteiger partial charge is 0.264 e. The van der Waals surface area contributed by atoms with Crippen molar-refractivity contribution in [3.63, 3.8) is 0 Å². The summed E-state index contributed by atoms with van der Waals surface area (Å²) in [5, 5.41) is 0.995. The van der Waals surface area contributed by atoms with Crippen LogP contribution in [0.25, 0.3) is 10.2 Å². The van der Waals surface area contributed by atoms with Gasteiger partial charge in [-0.05, 0) is 42.9 Å². The summed E-state index contributed by atoms with van der Waals surface area (Å²) >= 11 is 1.73. The molecule has 1 amide bonds. The first-order valence-corrected chi connectivity index (χ1v) is 9.64. The third-order valence-electron chi connectivity index (χ3n) is 4.91. The molecule has 1 aromatic carbocycles. The van der Waals surface area contributed by atoms with Crippen molar-refractivity contribution in [2.75, 3.05) is 18.6 Å². The Labute approximate surface area is 156 Å². The van der Waals surface area contributed by atoms with Gasteiger partial charge in [0.15, 0.2) is 6.61 Å². The van der Waals surface area contributed by atoms with Gasteiger partial charge in [0, 0.05) is 17.6 Å². The van der Waals surface area contributed by atoms with Crippen LogP contribution >= 0.6 is 11.3 Å². The normalized spacial score (nSPS) is 16.3. The highest BCUT2D eigenvalue weighted by Gasteiger charge is 2.24. The summed E-state index contributed by atoms with van der Waals surface area (Å²) in [6, 6.07) is 9.55. The molecule has 1 aliphatic rings. The molecule has 6 heteroatoms. The molecule has 26 heavy (non-hydrogen) atoms. The van der Waals surface area contributed by atoms with E-state index in [2.05, 4.69) is 16.9 Å². The summed E-state index contributed by atoms with van der Waals surface area (Å²) in [5.74, 6) is 1.12. The zero-order chi connectivity index (χ0) is 18.1. The number of nitrogens with zero attached hydrogens (tertiary/aromatic N) is 3. The minimum atomic E-state index is -0.110. The lowest BCUT2D eigenvalue weighted by Crippen LogP contribution is -2.31. The number of thiophene rings is 1. The van der Waals surface area contributed by atoms with Crippen LogP contribution < -0.4 is 9.64 Å². The maximum absolute atomic E-state index is 12.5. The predicted octanol–water partition coefficient (Wildman–Crippen LogP) is 3.86. The number of amides is 1. The van der Waals surface area contributed by atoms with Crippen LogP contribution in [0.2, 0.25) is 0 Å². The Bertz CT molecular complexity index is 939. The van der Waals surface area contributed by atoms with Crippen molar-refractivity contribution in [2.45, 2.75) is 26.2 Å². The van der Waals surface area contributed by atoms with Gasteiger partial charge in [0.05, 0.1) is 5.39 Å². The molecule has 1 atom stereocenters. The molecule has 2 heterocycles. The summed E-state index contributed by atoms with van der Waals surface area (Å²) in [6.45, 7) is 2.24. The molecule has 0 fully saturated rings. The Morgan fingerprint density at radius 3 is 2.92 bits per heavy atom. The molecule has 0 saturated carbocycles. The molecule has 1 aliphatic carbocycles. The Balaban J connectivity index is 1.55. The molecule has 2 aromatic heterocycles. The summed E-state index contributed by atoms with van der Waals surface area (Å²) in [5.41, 5.74) is 2.15. The quantitative estimate of drug-likeness (QED) is 0.703. The van der Waals surface area contributed by atoms with Gasteiger partial charge in [-0.2, -0.15) is 0 Å². The van der Waals surface area contributed by atoms with Crippen LogP contribution in [0.15, 0.2) is 36.7 Å². The van der Waals surface area contributed by atoms with Crippen molar-refractivity contribution < 1.29 is 9.53 Å². The maximum atomic E-state index is 12.5. The van der Waals surface area contributed by atoms with Crippen molar-refractivity contribution in [2.24, 2.45) is 5.92 Å². The lowest BCUT2D eigenvalue weighted by atomic mass is 9.89. The number of carbonyl (C=O) groups excluding carboxylic acids is 1. The van der Waals surface area contributed by atoms with Gasteiger partial charge in [0.1, 0.15) is 11.2 Å². The Morgan fingerprint density at radius 2 is 2.12 bits per heavy atom. The highest BCUT2D eigenvalue weighted by molar-refractivity contribution is 7.18. The zero-order valence-electron chi connectivity index (χ0n) is 14.9. The molecule has 4 rings (SSSR count). The van der Waals surface area contributed by atoms with Crippen LogP contribution in [0, 0.1) is 5.92 Å². The minimum absolute atomic E-state index is 0.0431. The number of para-hydroxylation sites is 1. The number of aromatic nitrogens is 2. The lowest BCUT2D eigenvalue weighted by molar-refractivity contribution is -0.120. The van der Waals surface area contributed by atoms with E-state index in [4.69, 9.17) is 4.74 Å². The first-order chi connectivity index (χ1) is 12.6. The molecule has 0 N–H and O–H groups in total. The zero-order valence-corrected chi connectivity index (χ0v) is 15.8. The lowest BCUT2D eigenvalue weighted by Gasteiger charge is -2.19. The number of aryl methyl sites for hydroxylation is 1. The Morgan fingerprint density at radius 1 is 1.31 bits per heavy atom. The first-order valence-electron chi connectivity index (χ1n) is 8.83. The Kier molecular flexibility index (Phi) is 4.59. The van der Waals surface area contributed by atoms with Crippen molar-refractivity contribution in [3.8, 4) is 5.88 Å². The number of rotatable bonds is 4. The van der Waals surface area contributed by atoms with Gasteiger partial charge in [-0.15, -0.1) is 11.3 Å². The second-order valence-corrected chi connectivity index (χ2v) is 7.87. The molecule has 0 saturated heterocycles. The van der Waals surface area contributed by atoms with Gasteiger partial charge >= 0.3 is 0 Å². The number of anilines is 1. The van der Waals surface area contributed by atoms with Gasteiger partial charge in [-0.25, -0.2) is 9.97 Å². The minimum Gasteiger partial charge on any atom is -0.467 e. The molecule has 3 aromatic rings. The standard InChI is InChI=1S/C20H21N3O2S/c1-13-8-9-15-16(10-13)26-20-18(15)19(21-12-22-20)25-11-17(24)23(2)14-6-4-3-5-7-14/h3-7,12-13H,8-11H2,1-2H3/t13-/m0/s1. The fourth-order valence-corrected chi connectivity index (χ4v) is 4.72. The van der Waals surface area contributed by atoms with Gasteiger partial charge < -0.3 is 9.64 Å². The number of likely N-dealkylation sites (N-methyl/N-ethyl adjacent to an activating group) is 1. The maximum Gasteiger partial charge on any atom is 0.264 e. The first kappa shape index (κ1) is 17.0. The van der Waals surface area contributed by atoms with Gasteiger partial charge in [0.25, 0.3) is 5.91 Å². The molecule has 134 valence electrons. The third kappa shape index (κ3) is 3.17. The summed E-state index contributed by atoms with van der Waals surface area (Å²) in [6.07, 6.45) is 4.81. The van der Waals surface area contributed by atoms with E-state index in [0.717, 1.165) is 28.7 Å². The number of ether oxygens (including phenoxy) is 1. The molecule has 5 nitrogen and oxygen atoms in total. The average molecular weight is 367 g/mol. The van der Waals surface area contributed by atoms with Gasteiger partial charge in [-0.1, -0.05) is 25.1 Å². The average Bonchev–Trinajstić information content (AvgIpc) is 3.04. The second-order valence-electron chi connectivity index (χ2n) is 6.79. The van der Waals surface area contributed by atoms with E-state index in [9.17, 15) is 4.79 Å². The fraction of sp³-hybridized carbons (Fsp3) is 0.350. The highest BCUT2D eigenvalue weighted by atomic mass is 32.1. The number of hydrogen-bond acceptors (Lipinski definition) is 5. The van der Waals surface area contributed by atoms with Crippen LogP contribution in [-0.4, -0.2) is 29.5 Å². The summed E-state index contributed by atoms with van der Waals surface area (Å²) < 4.78 is 5.84. The van der Waals surface area contributed by atoms with Crippen LogP contribution in [-0.2, 0) is 17.6 Å². The van der Waals surface area contributed by atoms with E-state index in [0.29, 0.717) is 11.8 Å². The topological polar surface area (TPSA) is 55.3 Å². The number of hydrogen-bond donors (Lipinski definition) is 0. The van der Waals surface area contributed by atoms with Crippen LogP contribution in [0.5, 0.6) is 5.88 Å². The molecular formula is C20H21N3O2S. The summed E-state index contributed by atoms with van der Waals surface area (Å²) in [7, 11) is 1.75. The number of benzene rings is 1. The highest BCUT2D eigenvalue weighted by Crippen LogP contribution is 2.40. The van der Waals surface area contributed by atoms with Crippen LogP contribution in [0.4, 0.5) is 5.69 Å². The third-order valence-corrected chi connectivity index (χ3v) is 6.07. The van der Waals surface area contributed by atoms with E-state index in [1.807, 2.05) is 30.3 Å². The fourth-order valence-electron chi connectivity index (χ4n) is 3.38. The number of carbonyl (C=O) groups is 1. The Hall–Kier alpha value is -2.47. The SMILES string of the molecule is C[C@H]1CCc2c(sc3ncnc(OCC(=O)N(C)c4ccccc4)c23)C1. The van der Waals surface area contributed by atoms with Crippen molar-refractivity contribution in [1.82, 2.24) is 9.97 Å². The van der Waals surface area contributed by atoms with Gasteiger partial charge in [0.2, 0.25) is 5.88 Å². The van der Waals surface area contributed by atoms with E-state index in [1.54, 1.807) is 23.3 Å². The van der Waals surface area contributed by atoms with Crippen molar-refractivity contribution in [3.05, 3.63) is 47.1 Å². The van der Waals surface area contributed by atoms with E-state index >= 15 is 0 Å². The number of fused-ring (bicyclic) bond motifs is 3. The van der Waals surface area contributed by atoms with Crippen molar-refractivity contribution in [1.29, 1.82) is 0 Å². The van der Waals surface area contributed by atoms with E-state index in [1.165, 1.54) is 23.2 Å². The molecule has 0 radical (unpaired) electrons. The van der Waals surface area contributed by atoms with Crippen molar-refractivity contribution >= 4 is 33.1 Å². The van der Waals surface area contributed by atoms with Gasteiger partial charge in [-0.3, -0.25) is 4.79 Å². The summed E-state index contributed by atoms with van der Waals surface area (Å²) in [4.78, 5) is 25.2. The van der Waals surface area contributed by atoms with E-state index in [-0.39, 0.29) is 12.5 Å². The monoisotopic (exact) mass is 367 g/mol. The molecule has 0 aliphatic heterocycles. The molecule has 0 bridgehead atoms. The largest absolute Gasteiger partial charge is 0.467 e.